The van der Waals surface area contributed by atoms with E-state index in [4.69, 9.17) is 4.74 Å². The number of nitrogens with one attached hydrogen (secondary N) is 2. The molecule has 27 heavy (non-hydrogen) atoms. The van der Waals surface area contributed by atoms with Gasteiger partial charge in [-0.3, -0.25) is 4.79 Å². The predicted molar refractivity (Wildman–Crippen MR) is 104 cm³/mol. The summed E-state index contributed by atoms with van der Waals surface area (Å²) in [6.07, 6.45) is -0.791. The summed E-state index contributed by atoms with van der Waals surface area (Å²) in [5, 5.41) is 4.90. The molecule has 1 aliphatic heterocycles. The van der Waals surface area contributed by atoms with Gasteiger partial charge in [0, 0.05) is 24.1 Å². The number of hydrogen-bond donors (Lipinski definition) is 2. The third-order valence-electron chi connectivity index (χ3n) is 4.06. The average molecular weight is 462 g/mol. The molecule has 1 heterocycles. The molecule has 1 aromatic carbocycles. The standard InChI is InChI=1S/C17H24BrN3O5S/c1-10-12-8-11(18)6-7-14(12)27(24,25)21(10)9-13(15(22)19-5)20-16(23)26-17(2,3)4/h6-8,10,13H,9H2,1-5H3,(H,19,22)(H,20,23). The smallest absolute Gasteiger partial charge is 0.408 e. The number of alkyl carbamates (subject to hydrolysis) is 1. The lowest BCUT2D eigenvalue weighted by Crippen LogP contribution is -2.53. The van der Waals surface area contributed by atoms with Crippen molar-refractivity contribution in [1.29, 1.82) is 0 Å². The SMILES string of the molecule is CNC(=O)C(CN1C(C)c2cc(Br)ccc2S1(=O)=O)NC(=O)OC(C)(C)C. The maximum Gasteiger partial charge on any atom is 0.408 e. The number of fused-ring (bicyclic) bond motifs is 1. The molecule has 1 aliphatic rings. The van der Waals surface area contributed by atoms with E-state index in [1.54, 1.807) is 39.8 Å². The summed E-state index contributed by atoms with van der Waals surface area (Å²) in [5.41, 5.74) is -0.107. The monoisotopic (exact) mass is 461 g/mol. The molecule has 2 unspecified atom stereocenters. The van der Waals surface area contributed by atoms with Crippen molar-refractivity contribution in [1.82, 2.24) is 14.9 Å². The molecule has 0 bridgehead atoms. The van der Waals surface area contributed by atoms with Gasteiger partial charge < -0.3 is 15.4 Å². The maximum absolute atomic E-state index is 12.9. The number of likely N-dealkylation sites (N-methyl/N-ethyl adjacent to an activating group) is 1. The van der Waals surface area contributed by atoms with Gasteiger partial charge in [0.25, 0.3) is 0 Å². The van der Waals surface area contributed by atoms with Crippen molar-refractivity contribution < 1.29 is 22.7 Å². The Hall–Kier alpha value is -1.65. The number of carbonyl (C=O) groups excluding carboxylic acids is 2. The van der Waals surface area contributed by atoms with Crippen LogP contribution in [0.4, 0.5) is 4.79 Å². The van der Waals surface area contributed by atoms with E-state index in [2.05, 4.69) is 26.6 Å². The van der Waals surface area contributed by atoms with Crippen molar-refractivity contribution in [3.8, 4) is 0 Å². The van der Waals surface area contributed by atoms with E-state index in [-0.39, 0.29) is 11.4 Å². The Kier molecular flexibility index (Phi) is 6.23. The molecule has 0 fully saturated rings. The Morgan fingerprint density at radius 2 is 1.96 bits per heavy atom. The molecular formula is C17H24BrN3O5S. The second kappa shape index (κ2) is 7.76. The van der Waals surface area contributed by atoms with Crippen LogP contribution in [0.25, 0.3) is 0 Å². The molecule has 2 atom stereocenters. The minimum Gasteiger partial charge on any atom is -0.444 e. The third-order valence-corrected chi connectivity index (χ3v) is 6.56. The van der Waals surface area contributed by atoms with Crippen molar-refractivity contribution in [2.45, 2.75) is 50.3 Å². The normalized spacial score (nSPS) is 19.9. The molecule has 2 amide bonds. The highest BCUT2D eigenvalue weighted by Gasteiger charge is 2.42. The highest BCUT2D eigenvalue weighted by Crippen LogP contribution is 2.40. The van der Waals surface area contributed by atoms with E-state index in [1.807, 2.05) is 0 Å². The number of hydrogen-bond acceptors (Lipinski definition) is 5. The molecule has 0 aliphatic carbocycles. The molecule has 8 nitrogen and oxygen atoms in total. The molecule has 150 valence electrons. The zero-order valence-corrected chi connectivity index (χ0v) is 18.3. The summed E-state index contributed by atoms with van der Waals surface area (Å²) in [7, 11) is -2.36. The van der Waals surface area contributed by atoms with Crippen LogP contribution in [-0.2, 0) is 19.6 Å². The number of ether oxygens (including phenoxy) is 1. The first-order chi connectivity index (χ1) is 12.4. The molecule has 0 saturated carbocycles. The van der Waals surface area contributed by atoms with Gasteiger partial charge in [0.1, 0.15) is 11.6 Å². The van der Waals surface area contributed by atoms with E-state index in [0.717, 1.165) is 4.47 Å². The fourth-order valence-corrected chi connectivity index (χ4v) is 5.10. The Labute approximate surface area is 167 Å². The number of carbonyl (C=O) groups is 2. The quantitative estimate of drug-likeness (QED) is 0.714. The number of halogens is 1. The lowest BCUT2D eigenvalue weighted by molar-refractivity contribution is -0.122. The van der Waals surface area contributed by atoms with Gasteiger partial charge in [-0.2, -0.15) is 4.31 Å². The fraction of sp³-hybridized carbons (Fsp3) is 0.529. The fourth-order valence-electron chi connectivity index (χ4n) is 2.82. The highest BCUT2D eigenvalue weighted by atomic mass is 79.9. The number of nitrogens with zero attached hydrogens (tertiary/aromatic N) is 1. The lowest BCUT2D eigenvalue weighted by atomic mass is 10.1. The molecule has 1 aromatic rings. The summed E-state index contributed by atoms with van der Waals surface area (Å²) in [6.45, 7) is 6.62. The molecule has 0 saturated heterocycles. The number of rotatable bonds is 4. The van der Waals surface area contributed by atoms with Crippen LogP contribution >= 0.6 is 15.9 Å². The van der Waals surface area contributed by atoms with Crippen molar-refractivity contribution in [3.63, 3.8) is 0 Å². The van der Waals surface area contributed by atoms with Crippen LogP contribution < -0.4 is 10.6 Å². The van der Waals surface area contributed by atoms with Gasteiger partial charge >= 0.3 is 6.09 Å². The molecule has 0 spiro atoms. The summed E-state index contributed by atoms with van der Waals surface area (Å²) in [4.78, 5) is 24.5. The average Bonchev–Trinajstić information content (AvgIpc) is 2.71. The van der Waals surface area contributed by atoms with Gasteiger partial charge in [0.05, 0.1) is 4.90 Å². The van der Waals surface area contributed by atoms with E-state index in [9.17, 15) is 18.0 Å². The summed E-state index contributed by atoms with van der Waals surface area (Å²) < 4.78 is 33.0. The number of benzene rings is 1. The van der Waals surface area contributed by atoms with Crippen molar-refractivity contribution in [2.24, 2.45) is 0 Å². The Balaban J connectivity index is 2.27. The molecule has 2 rings (SSSR count). The topological polar surface area (TPSA) is 105 Å². The van der Waals surface area contributed by atoms with Gasteiger partial charge in [-0.05, 0) is 51.5 Å². The van der Waals surface area contributed by atoms with Crippen molar-refractivity contribution in [2.75, 3.05) is 13.6 Å². The molecule has 0 aromatic heterocycles. The van der Waals surface area contributed by atoms with Crippen molar-refractivity contribution in [3.05, 3.63) is 28.2 Å². The second-order valence-electron chi connectivity index (χ2n) is 7.25. The van der Waals surface area contributed by atoms with Crippen LogP contribution in [0.5, 0.6) is 0 Å². The molecule has 10 heteroatoms. The molecular weight excluding hydrogens is 438 g/mol. The number of sulfonamides is 1. The lowest BCUT2D eigenvalue weighted by Gasteiger charge is -2.27. The first-order valence-corrected chi connectivity index (χ1v) is 10.6. The van der Waals surface area contributed by atoms with E-state index < -0.39 is 39.7 Å². The van der Waals surface area contributed by atoms with Crippen LogP contribution in [0.15, 0.2) is 27.6 Å². The van der Waals surface area contributed by atoms with Gasteiger partial charge in [-0.1, -0.05) is 15.9 Å². The van der Waals surface area contributed by atoms with E-state index in [1.165, 1.54) is 17.4 Å². The van der Waals surface area contributed by atoms with Gasteiger partial charge in [-0.25, -0.2) is 13.2 Å². The maximum atomic E-state index is 12.9. The first kappa shape index (κ1) is 21.6. The zero-order chi connectivity index (χ0) is 20.6. The Morgan fingerprint density at radius 1 is 1.33 bits per heavy atom. The predicted octanol–water partition coefficient (Wildman–Crippen LogP) is 2.15. The van der Waals surface area contributed by atoms with Crippen LogP contribution in [0.1, 0.15) is 39.3 Å². The van der Waals surface area contributed by atoms with E-state index in [0.29, 0.717) is 5.56 Å². The first-order valence-electron chi connectivity index (χ1n) is 8.39. The van der Waals surface area contributed by atoms with Crippen molar-refractivity contribution >= 4 is 38.0 Å². The van der Waals surface area contributed by atoms with E-state index >= 15 is 0 Å². The van der Waals surface area contributed by atoms with Gasteiger partial charge in [0.2, 0.25) is 15.9 Å². The van der Waals surface area contributed by atoms with Crippen LogP contribution in [0, 0.1) is 0 Å². The minimum absolute atomic E-state index is 0.200. The van der Waals surface area contributed by atoms with Crippen LogP contribution in [-0.4, -0.2) is 50.0 Å². The summed E-state index contributed by atoms with van der Waals surface area (Å²) in [5.74, 6) is -0.514. The summed E-state index contributed by atoms with van der Waals surface area (Å²) in [6, 6.07) is 3.35. The van der Waals surface area contributed by atoms with Gasteiger partial charge in [0.15, 0.2) is 0 Å². The molecule has 2 N–H and O–H groups in total. The largest absolute Gasteiger partial charge is 0.444 e. The third kappa shape index (κ3) is 4.80. The van der Waals surface area contributed by atoms with Gasteiger partial charge in [-0.15, -0.1) is 0 Å². The minimum atomic E-state index is -3.78. The highest BCUT2D eigenvalue weighted by molar-refractivity contribution is 9.10. The second-order valence-corrected chi connectivity index (χ2v) is 10.0. The number of amides is 2. The Bertz CT molecular complexity index is 851. The Morgan fingerprint density at radius 3 is 2.52 bits per heavy atom. The van der Waals surface area contributed by atoms with Crippen LogP contribution in [0.2, 0.25) is 0 Å². The zero-order valence-electron chi connectivity index (χ0n) is 15.9. The molecule has 0 radical (unpaired) electrons. The summed E-state index contributed by atoms with van der Waals surface area (Å²) >= 11 is 3.34. The van der Waals surface area contributed by atoms with Crippen LogP contribution in [0.3, 0.4) is 0 Å².